The van der Waals surface area contributed by atoms with Crippen LogP contribution in [-0.2, 0) is 19.1 Å². The van der Waals surface area contributed by atoms with Gasteiger partial charge in [-0.25, -0.2) is 0 Å². The predicted octanol–water partition coefficient (Wildman–Crippen LogP) is 0.250. The minimum atomic E-state index is -1.06. The minimum Gasteiger partial charge on any atom is -0.481 e. The number of aliphatic hydroxyl groups excluding tert-OH is 1. The van der Waals surface area contributed by atoms with Crippen molar-refractivity contribution in [3.05, 3.63) is 11.6 Å². The lowest BCUT2D eigenvalue weighted by molar-refractivity contribution is -0.152. The molecule has 0 radical (unpaired) electrons. The highest BCUT2D eigenvalue weighted by Crippen LogP contribution is 2.26. The van der Waals surface area contributed by atoms with E-state index in [4.69, 9.17) is 10.2 Å². The molecule has 0 aromatic carbocycles. The van der Waals surface area contributed by atoms with Gasteiger partial charge < -0.3 is 14.9 Å². The molecule has 1 aliphatic heterocycles. The summed E-state index contributed by atoms with van der Waals surface area (Å²) < 4.78 is 4.38. The standard InChI is InChI=1S/C11H14O6/c12-4-2-1-3-7(5-9(13)14)8-6-10(15)17-11(8)16/h3,8,12H,1-2,4-6H2,(H,13,14)/b7-3-. The predicted molar refractivity (Wildman–Crippen MR) is 55.9 cm³/mol. The summed E-state index contributed by atoms with van der Waals surface area (Å²) in [6.07, 6.45) is 2.15. The van der Waals surface area contributed by atoms with Crippen molar-refractivity contribution in [3.8, 4) is 0 Å². The zero-order chi connectivity index (χ0) is 12.8. The quantitative estimate of drug-likeness (QED) is 0.299. The van der Waals surface area contributed by atoms with Gasteiger partial charge in [-0.2, -0.15) is 0 Å². The number of allylic oxidation sites excluding steroid dienone is 1. The van der Waals surface area contributed by atoms with E-state index in [1.54, 1.807) is 6.08 Å². The van der Waals surface area contributed by atoms with Crippen LogP contribution in [0, 0.1) is 5.92 Å². The molecule has 0 amide bonds. The first-order valence-corrected chi connectivity index (χ1v) is 5.30. The van der Waals surface area contributed by atoms with Gasteiger partial charge in [-0.3, -0.25) is 14.4 Å². The third kappa shape index (κ3) is 3.99. The Balaban J connectivity index is 2.75. The number of aliphatic carboxylic acids is 1. The first kappa shape index (κ1) is 13.4. The van der Waals surface area contributed by atoms with Crippen LogP contribution in [0.5, 0.6) is 0 Å². The third-order valence-corrected chi connectivity index (χ3v) is 2.44. The SMILES string of the molecule is O=C(O)C/C(=C/CCCO)C1CC(=O)OC1=O. The fourth-order valence-corrected chi connectivity index (χ4v) is 1.65. The van der Waals surface area contributed by atoms with Crippen molar-refractivity contribution in [1.29, 1.82) is 0 Å². The number of carboxylic acid groups (broad SMARTS) is 1. The van der Waals surface area contributed by atoms with Gasteiger partial charge in [-0.15, -0.1) is 0 Å². The van der Waals surface area contributed by atoms with Crippen molar-refractivity contribution >= 4 is 17.9 Å². The zero-order valence-electron chi connectivity index (χ0n) is 9.22. The van der Waals surface area contributed by atoms with E-state index in [1.165, 1.54) is 0 Å². The number of carbonyl (C=O) groups excluding carboxylic acids is 2. The summed E-state index contributed by atoms with van der Waals surface area (Å²) in [7, 11) is 0. The van der Waals surface area contributed by atoms with Crippen LogP contribution in [0.4, 0.5) is 0 Å². The lowest BCUT2D eigenvalue weighted by Gasteiger charge is -2.08. The molecule has 17 heavy (non-hydrogen) atoms. The van der Waals surface area contributed by atoms with Gasteiger partial charge in [-0.05, 0) is 18.4 Å². The number of carboxylic acids is 1. The summed E-state index contributed by atoms with van der Waals surface area (Å²) in [5, 5.41) is 17.4. The average molecular weight is 242 g/mol. The van der Waals surface area contributed by atoms with Gasteiger partial charge in [0.1, 0.15) is 0 Å². The van der Waals surface area contributed by atoms with Crippen LogP contribution in [0.15, 0.2) is 11.6 Å². The molecule has 0 aliphatic carbocycles. The number of cyclic esters (lactones) is 2. The Kier molecular flexibility index (Phi) is 4.84. The molecule has 2 N–H and O–H groups in total. The summed E-state index contributed by atoms with van der Waals surface area (Å²) in [5.74, 6) is -3.16. The molecule has 1 heterocycles. The van der Waals surface area contributed by atoms with Gasteiger partial charge in [0.2, 0.25) is 0 Å². The maximum Gasteiger partial charge on any atom is 0.321 e. The lowest BCUT2D eigenvalue weighted by Crippen LogP contribution is -2.13. The molecule has 0 bridgehead atoms. The molecule has 0 spiro atoms. The van der Waals surface area contributed by atoms with E-state index in [0.29, 0.717) is 18.4 Å². The molecule has 1 fully saturated rings. The topological polar surface area (TPSA) is 101 Å². The van der Waals surface area contributed by atoms with Crippen LogP contribution in [0.25, 0.3) is 0 Å². The third-order valence-electron chi connectivity index (χ3n) is 2.44. The van der Waals surface area contributed by atoms with Crippen LogP contribution in [-0.4, -0.2) is 34.7 Å². The number of rotatable bonds is 6. The fraction of sp³-hybridized carbons (Fsp3) is 0.545. The van der Waals surface area contributed by atoms with E-state index in [-0.39, 0.29) is 19.4 Å². The second kappa shape index (κ2) is 6.15. The summed E-state index contributed by atoms with van der Waals surface area (Å²) in [5.41, 5.74) is 0.377. The molecule has 6 heteroatoms. The Hall–Kier alpha value is -1.69. The molecule has 0 aromatic heterocycles. The van der Waals surface area contributed by atoms with Gasteiger partial charge in [0.15, 0.2) is 0 Å². The molecule has 1 unspecified atom stereocenters. The molecule has 1 aliphatic rings. The van der Waals surface area contributed by atoms with E-state index >= 15 is 0 Å². The normalized spacial score (nSPS) is 20.5. The van der Waals surface area contributed by atoms with Gasteiger partial charge in [-0.1, -0.05) is 6.08 Å². The second-order valence-electron chi connectivity index (χ2n) is 3.77. The first-order valence-electron chi connectivity index (χ1n) is 5.30. The molecule has 94 valence electrons. The Morgan fingerprint density at radius 2 is 2.18 bits per heavy atom. The number of aliphatic hydroxyl groups is 1. The lowest BCUT2D eigenvalue weighted by atomic mass is 9.93. The number of hydrogen-bond donors (Lipinski definition) is 2. The van der Waals surface area contributed by atoms with Gasteiger partial charge >= 0.3 is 17.9 Å². The van der Waals surface area contributed by atoms with E-state index in [9.17, 15) is 14.4 Å². The monoisotopic (exact) mass is 242 g/mol. The summed E-state index contributed by atoms with van der Waals surface area (Å²) in [4.78, 5) is 32.9. The van der Waals surface area contributed by atoms with Gasteiger partial charge in [0, 0.05) is 6.61 Å². The van der Waals surface area contributed by atoms with E-state index in [1.807, 2.05) is 0 Å². The van der Waals surface area contributed by atoms with Crippen LogP contribution < -0.4 is 0 Å². The number of hydrogen-bond acceptors (Lipinski definition) is 5. The molecular weight excluding hydrogens is 228 g/mol. The average Bonchev–Trinajstić information content (AvgIpc) is 2.56. The first-order chi connectivity index (χ1) is 8.04. The minimum absolute atomic E-state index is 0.00903. The van der Waals surface area contributed by atoms with Crippen molar-refractivity contribution < 1.29 is 29.3 Å². The van der Waals surface area contributed by atoms with E-state index in [0.717, 1.165) is 0 Å². The van der Waals surface area contributed by atoms with E-state index in [2.05, 4.69) is 4.74 Å². The molecule has 6 nitrogen and oxygen atoms in total. The Morgan fingerprint density at radius 1 is 1.47 bits per heavy atom. The van der Waals surface area contributed by atoms with Crippen LogP contribution >= 0.6 is 0 Å². The van der Waals surface area contributed by atoms with Gasteiger partial charge in [0.05, 0.1) is 18.8 Å². The van der Waals surface area contributed by atoms with Crippen LogP contribution in [0.2, 0.25) is 0 Å². The highest BCUT2D eigenvalue weighted by atomic mass is 16.6. The maximum absolute atomic E-state index is 11.3. The van der Waals surface area contributed by atoms with Crippen molar-refractivity contribution in [2.45, 2.75) is 25.7 Å². The Labute approximate surface area is 97.9 Å². The van der Waals surface area contributed by atoms with Crippen LogP contribution in [0.1, 0.15) is 25.7 Å². The molecule has 0 saturated carbocycles. The summed E-state index contributed by atoms with van der Waals surface area (Å²) >= 11 is 0. The summed E-state index contributed by atoms with van der Waals surface area (Å²) in [6, 6.07) is 0. The zero-order valence-corrected chi connectivity index (χ0v) is 9.22. The Bertz CT molecular complexity index is 357. The largest absolute Gasteiger partial charge is 0.481 e. The van der Waals surface area contributed by atoms with Crippen molar-refractivity contribution in [1.82, 2.24) is 0 Å². The number of carbonyl (C=O) groups is 3. The molecular formula is C11H14O6. The summed E-state index contributed by atoms with van der Waals surface area (Å²) in [6.45, 7) is -0.00903. The van der Waals surface area contributed by atoms with Crippen LogP contribution in [0.3, 0.4) is 0 Å². The molecule has 0 aromatic rings. The second-order valence-corrected chi connectivity index (χ2v) is 3.77. The number of esters is 2. The molecule has 1 saturated heterocycles. The van der Waals surface area contributed by atoms with Crippen molar-refractivity contribution in [2.75, 3.05) is 6.61 Å². The highest BCUT2D eigenvalue weighted by Gasteiger charge is 2.36. The fourth-order valence-electron chi connectivity index (χ4n) is 1.65. The smallest absolute Gasteiger partial charge is 0.321 e. The highest BCUT2D eigenvalue weighted by molar-refractivity contribution is 5.96. The molecule has 1 rings (SSSR count). The number of unbranched alkanes of at least 4 members (excludes halogenated alkanes) is 1. The number of ether oxygens (including phenoxy) is 1. The molecule has 1 atom stereocenters. The van der Waals surface area contributed by atoms with Gasteiger partial charge in [0.25, 0.3) is 0 Å². The maximum atomic E-state index is 11.3. The van der Waals surface area contributed by atoms with Crippen molar-refractivity contribution in [2.24, 2.45) is 5.92 Å². The Morgan fingerprint density at radius 3 is 2.65 bits per heavy atom. The van der Waals surface area contributed by atoms with E-state index < -0.39 is 23.8 Å². The van der Waals surface area contributed by atoms with Crippen molar-refractivity contribution in [3.63, 3.8) is 0 Å².